The van der Waals surface area contributed by atoms with E-state index in [1.165, 1.54) is 11.3 Å². The van der Waals surface area contributed by atoms with Gasteiger partial charge < -0.3 is 15.3 Å². The molecule has 0 saturated heterocycles. The van der Waals surface area contributed by atoms with E-state index >= 15 is 0 Å². The van der Waals surface area contributed by atoms with Gasteiger partial charge in [-0.15, -0.1) is 11.3 Å². The maximum Gasteiger partial charge on any atom is 0.365 e. The van der Waals surface area contributed by atoms with Gasteiger partial charge in [0.2, 0.25) is 5.01 Å². The van der Waals surface area contributed by atoms with Gasteiger partial charge in [-0.25, -0.2) is 9.78 Å². The molecule has 102 valence electrons. The highest BCUT2D eigenvalue weighted by atomic mass is 32.1. The van der Waals surface area contributed by atoms with Crippen LogP contribution in [0.15, 0.2) is 5.38 Å². The number of hydrogen-bond acceptors (Lipinski definition) is 5. The minimum Gasteiger partial charge on any atom is -0.476 e. The maximum absolute atomic E-state index is 10.7. The average Bonchev–Trinajstić information content (AvgIpc) is 2.77. The zero-order valence-corrected chi connectivity index (χ0v) is 12.0. The van der Waals surface area contributed by atoms with Crippen LogP contribution in [-0.2, 0) is 6.54 Å². The number of thiazole rings is 1. The highest BCUT2D eigenvalue weighted by Crippen LogP contribution is 2.09. The molecule has 1 rings (SSSR count). The van der Waals surface area contributed by atoms with Crippen LogP contribution >= 0.6 is 11.3 Å². The fraction of sp³-hybridized carbons (Fsp3) is 0.667. The molecule has 0 aromatic carbocycles. The van der Waals surface area contributed by atoms with Crippen molar-refractivity contribution in [2.75, 3.05) is 20.1 Å². The SMILES string of the molecule is CC(C)N(C)CCCNCc1csc(C(=O)O)n1. The second kappa shape index (κ2) is 7.45. The smallest absolute Gasteiger partial charge is 0.365 e. The van der Waals surface area contributed by atoms with Crippen molar-refractivity contribution < 1.29 is 9.90 Å². The van der Waals surface area contributed by atoms with E-state index < -0.39 is 5.97 Å². The number of carboxylic acid groups (broad SMARTS) is 1. The third kappa shape index (κ3) is 5.12. The van der Waals surface area contributed by atoms with Crippen LogP contribution in [0, 0.1) is 0 Å². The number of nitrogens with zero attached hydrogens (tertiary/aromatic N) is 2. The first kappa shape index (κ1) is 15.1. The first-order valence-corrected chi connectivity index (χ1v) is 6.97. The summed E-state index contributed by atoms with van der Waals surface area (Å²) in [6.45, 7) is 6.96. The summed E-state index contributed by atoms with van der Waals surface area (Å²) < 4.78 is 0. The van der Waals surface area contributed by atoms with Crippen molar-refractivity contribution in [3.05, 3.63) is 16.1 Å². The first-order chi connectivity index (χ1) is 8.50. The minimum absolute atomic E-state index is 0.159. The Morgan fingerprint density at radius 1 is 1.61 bits per heavy atom. The fourth-order valence-electron chi connectivity index (χ4n) is 1.41. The Morgan fingerprint density at radius 3 is 2.89 bits per heavy atom. The number of carboxylic acids is 1. The van der Waals surface area contributed by atoms with Gasteiger partial charge in [0.15, 0.2) is 0 Å². The lowest BCUT2D eigenvalue weighted by molar-refractivity contribution is 0.0696. The summed E-state index contributed by atoms with van der Waals surface area (Å²) in [5, 5.41) is 14.0. The van der Waals surface area contributed by atoms with E-state index in [1.807, 2.05) is 0 Å². The van der Waals surface area contributed by atoms with E-state index in [2.05, 4.69) is 36.1 Å². The van der Waals surface area contributed by atoms with Gasteiger partial charge in [0.25, 0.3) is 0 Å². The maximum atomic E-state index is 10.7. The summed E-state index contributed by atoms with van der Waals surface area (Å²) in [6, 6.07) is 0.571. The summed E-state index contributed by atoms with van der Waals surface area (Å²) in [7, 11) is 2.12. The molecular formula is C12H21N3O2S. The van der Waals surface area contributed by atoms with E-state index in [0.29, 0.717) is 12.6 Å². The van der Waals surface area contributed by atoms with Crippen LogP contribution in [0.25, 0.3) is 0 Å². The number of aromatic nitrogens is 1. The highest BCUT2D eigenvalue weighted by molar-refractivity contribution is 7.11. The fourth-order valence-corrected chi connectivity index (χ4v) is 2.07. The van der Waals surface area contributed by atoms with Gasteiger partial charge in [-0.05, 0) is 40.4 Å². The molecule has 0 aliphatic rings. The monoisotopic (exact) mass is 271 g/mol. The molecule has 1 heterocycles. The quantitative estimate of drug-likeness (QED) is 0.704. The molecule has 0 fully saturated rings. The van der Waals surface area contributed by atoms with Crippen molar-refractivity contribution in [3.8, 4) is 0 Å². The standard InChI is InChI=1S/C12H21N3O2S/c1-9(2)15(3)6-4-5-13-7-10-8-18-11(14-10)12(16)17/h8-9,13H,4-7H2,1-3H3,(H,16,17). The summed E-state index contributed by atoms with van der Waals surface area (Å²) in [6.07, 6.45) is 1.07. The van der Waals surface area contributed by atoms with Gasteiger partial charge in [-0.2, -0.15) is 0 Å². The highest BCUT2D eigenvalue weighted by Gasteiger charge is 2.08. The molecule has 0 atom stereocenters. The number of carbonyl (C=O) groups is 1. The Bertz CT molecular complexity index is 379. The van der Waals surface area contributed by atoms with Crippen molar-refractivity contribution in [2.24, 2.45) is 0 Å². The molecule has 1 aromatic rings. The average molecular weight is 271 g/mol. The van der Waals surface area contributed by atoms with Crippen LogP contribution in [-0.4, -0.2) is 47.1 Å². The molecule has 0 aliphatic carbocycles. The lowest BCUT2D eigenvalue weighted by Gasteiger charge is -2.20. The van der Waals surface area contributed by atoms with E-state index in [4.69, 9.17) is 5.11 Å². The predicted octanol–water partition coefficient (Wildman–Crippen LogP) is 1.66. The van der Waals surface area contributed by atoms with Gasteiger partial charge in [0.05, 0.1) is 5.69 Å². The number of nitrogens with one attached hydrogen (secondary N) is 1. The minimum atomic E-state index is -0.954. The van der Waals surface area contributed by atoms with Gasteiger partial charge in [-0.1, -0.05) is 0 Å². The van der Waals surface area contributed by atoms with E-state index in [0.717, 1.165) is 25.2 Å². The molecule has 0 bridgehead atoms. The summed E-state index contributed by atoms with van der Waals surface area (Å²) in [5.74, 6) is -0.954. The van der Waals surface area contributed by atoms with Crippen LogP contribution in [0.5, 0.6) is 0 Å². The van der Waals surface area contributed by atoms with Crippen LogP contribution in [0.3, 0.4) is 0 Å². The normalized spacial score (nSPS) is 11.4. The van der Waals surface area contributed by atoms with Gasteiger partial charge in [0, 0.05) is 18.0 Å². The lowest BCUT2D eigenvalue weighted by Crippen LogP contribution is -2.29. The second-order valence-corrected chi connectivity index (χ2v) is 5.41. The molecular weight excluding hydrogens is 250 g/mol. The molecule has 0 amide bonds. The van der Waals surface area contributed by atoms with Gasteiger partial charge in [-0.3, -0.25) is 0 Å². The Morgan fingerprint density at radius 2 is 2.33 bits per heavy atom. The third-order valence-corrected chi connectivity index (χ3v) is 3.67. The molecule has 0 aliphatic heterocycles. The van der Waals surface area contributed by atoms with Crippen molar-refractivity contribution in [2.45, 2.75) is 32.9 Å². The van der Waals surface area contributed by atoms with Crippen molar-refractivity contribution >= 4 is 17.3 Å². The Kier molecular flexibility index (Phi) is 6.24. The van der Waals surface area contributed by atoms with Crippen molar-refractivity contribution in [1.82, 2.24) is 15.2 Å². The Balaban J connectivity index is 2.16. The Hall–Kier alpha value is -0.980. The zero-order valence-electron chi connectivity index (χ0n) is 11.1. The molecule has 0 radical (unpaired) electrons. The molecule has 1 aromatic heterocycles. The molecule has 0 saturated carbocycles. The first-order valence-electron chi connectivity index (χ1n) is 6.09. The molecule has 0 spiro atoms. The number of rotatable bonds is 8. The Labute approximate surface area is 112 Å². The lowest BCUT2D eigenvalue weighted by atomic mass is 10.3. The molecule has 5 nitrogen and oxygen atoms in total. The number of aromatic carboxylic acids is 1. The van der Waals surface area contributed by atoms with Gasteiger partial charge in [0.1, 0.15) is 0 Å². The van der Waals surface area contributed by atoms with E-state index in [9.17, 15) is 4.79 Å². The van der Waals surface area contributed by atoms with Crippen LogP contribution < -0.4 is 5.32 Å². The second-order valence-electron chi connectivity index (χ2n) is 4.55. The third-order valence-electron chi connectivity index (χ3n) is 2.79. The predicted molar refractivity (Wildman–Crippen MR) is 73.2 cm³/mol. The zero-order chi connectivity index (χ0) is 13.5. The topological polar surface area (TPSA) is 65.5 Å². The number of hydrogen-bond donors (Lipinski definition) is 2. The molecule has 0 unspecified atom stereocenters. The molecule has 2 N–H and O–H groups in total. The summed E-state index contributed by atoms with van der Waals surface area (Å²) in [4.78, 5) is 17.0. The van der Waals surface area contributed by atoms with Crippen molar-refractivity contribution in [3.63, 3.8) is 0 Å². The summed E-state index contributed by atoms with van der Waals surface area (Å²) >= 11 is 1.17. The molecule has 6 heteroatoms. The van der Waals surface area contributed by atoms with Gasteiger partial charge >= 0.3 is 5.97 Å². The van der Waals surface area contributed by atoms with E-state index in [1.54, 1.807) is 5.38 Å². The largest absolute Gasteiger partial charge is 0.476 e. The van der Waals surface area contributed by atoms with Crippen molar-refractivity contribution in [1.29, 1.82) is 0 Å². The molecule has 18 heavy (non-hydrogen) atoms. The van der Waals surface area contributed by atoms with Crippen LogP contribution in [0.1, 0.15) is 35.8 Å². The van der Waals surface area contributed by atoms with Crippen LogP contribution in [0.4, 0.5) is 0 Å². The van der Waals surface area contributed by atoms with E-state index in [-0.39, 0.29) is 5.01 Å². The van der Waals surface area contributed by atoms with Crippen LogP contribution in [0.2, 0.25) is 0 Å². The summed E-state index contributed by atoms with van der Waals surface area (Å²) in [5.41, 5.74) is 0.801.